The summed E-state index contributed by atoms with van der Waals surface area (Å²) in [6.45, 7) is 1.92. The average Bonchev–Trinajstić information content (AvgIpc) is 2.65. The zero-order chi connectivity index (χ0) is 9.38. The summed E-state index contributed by atoms with van der Waals surface area (Å²) in [6.07, 6.45) is 0. The van der Waals surface area contributed by atoms with Crippen molar-refractivity contribution < 1.29 is 4.52 Å². The monoisotopic (exact) mass is 207 g/mol. The normalized spacial score (nSPS) is 16.9. The van der Waals surface area contributed by atoms with Crippen LogP contribution in [0.2, 0.25) is 0 Å². The summed E-state index contributed by atoms with van der Waals surface area (Å²) in [7, 11) is 0. The lowest BCUT2D eigenvalue weighted by Crippen LogP contribution is -2.40. The van der Waals surface area contributed by atoms with E-state index in [1.54, 1.807) is 11.3 Å². The van der Waals surface area contributed by atoms with Crippen LogP contribution in [0.15, 0.2) is 22.0 Å². The van der Waals surface area contributed by atoms with E-state index in [1.165, 1.54) is 0 Å². The van der Waals surface area contributed by atoms with E-state index in [9.17, 15) is 0 Å². The number of hydrogen-bond acceptors (Lipinski definition) is 5. The van der Waals surface area contributed by atoms with Gasteiger partial charge in [-0.05, 0) is 11.4 Å². The Bertz CT molecular complexity index is 419. The summed E-state index contributed by atoms with van der Waals surface area (Å²) >= 11 is 1.61. The lowest BCUT2D eigenvalue weighted by molar-refractivity contribution is 0.383. The molecule has 0 amide bonds. The van der Waals surface area contributed by atoms with Crippen LogP contribution in [0.5, 0.6) is 0 Å². The molecule has 72 valence electrons. The summed E-state index contributed by atoms with van der Waals surface area (Å²) in [6, 6.07) is 3.97. The molecule has 1 saturated heterocycles. The third kappa shape index (κ3) is 1.25. The predicted octanol–water partition coefficient (Wildman–Crippen LogP) is 1.48. The molecule has 1 fully saturated rings. The first kappa shape index (κ1) is 8.14. The molecule has 1 N–H and O–H groups in total. The fourth-order valence-electron chi connectivity index (χ4n) is 1.37. The molecule has 0 radical (unpaired) electrons. The summed E-state index contributed by atoms with van der Waals surface area (Å²) in [5.74, 6) is 1.90. The highest BCUT2D eigenvalue weighted by molar-refractivity contribution is 7.13. The maximum Gasteiger partial charge on any atom is 0.267 e. The van der Waals surface area contributed by atoms with Crippen molar-refractivity contribution in [2.75, 3.05) is 13.1 Å². The Morgan fingerprint density at radius 1 is 1.50 bits per heavy atom. The van der Waals surface area contributed by atoms with Crippen LogP contribution in [-0.2, 0) is 0 Å². The van der Waals surface area contributed by atoms with Gasteiger partial charge in [0, 0.05) is 19.0 Å². The van der Waals surface area contributed by atoms with Crippen LogP contribution in [0.25, 0.3) is 10.8 Å². The smallest absolute Gasteiger partial charge is 0.267 e. The minimum Gasteiger partial charge on any atom is -0.333 e. The molecule has 0 aromatic carbocycles. The Balaban J connectivity index is 1.90. The van der Waals surface area contributed by atoms with Crippen molar-refractivity contribution in [2.45, 2.75) is 5.92 Å². The first-order valence-corrected chi connectivity index (χ1v) is 5.39. The first-order chi connectivity index (χ1) is 6.93. The summed E-state index contributed by atoms with van der Waals surface area (Å²) in [5.41, 5.74) is 0. The number of rotatable bonds is 2. The van der Waals surface area contributed by atoms with Gasteiger partial charge < -0.3 is 9.84 Å². The number of nitrogens with one attached hydrogen (secondary N) is 1. The molecule has 0 atom stereocenters. The van der Waals surface area contributed by atoms with Gasteiger partial charge in [-0.1, -0.05) is 11.2 Å². The van der Waals surface area contributed by atoms with Crippen molar-refractivity contribution in [1.82, 2.24) is 15.5 Å². The Morgan fingerprint density at radius 3 is 3.07 bits per heavy atom. The number of thiophene rings is 1. The van der Waals surface area contributed by atoms with Gasteiger partial charge in [0.15, 0.2) is 5.82 Å². The third-order valence-electron chi connectivity index (χ3n) is 2.32. The molecule has 0 aliphatic carbocycles. The first-order valence-electron chi connectivity index (χ1n) is 4.51. The fraction of sp³-hybridized carbons (Fsp3) is 0.333. The minimum absolute atomic E-state index is 0.437. The average molecular weight is 207 g/mol. The molecule has 1 aliphatic heterocycles. The molecule has 2 aromatic rings. The van der Waals surface area contributed by atoms with E-state index in [1.807, 2.05) is 17.5 Å². The molecular weight excluding hydrogens is 198 g/mol. The maximum atomic E-state index is 5.19. The molecule has 3 rings (SSSR count). The van der Waals surface area contributed by atoms with E-state index < -0.39 is 0 Å². The Hall–Kier alpha value is -1.20. The maximum absolute atomic E-state index is 5.19. The van der Waals surface area contributed by atoms with Gasteiger partial charge >= 0.3 is 0 Å². The number of hydrogen-bond donors (Lipinski definition) is 1. The Morgan fingerprint density at radius 2 is 2.43 bits per heavy atom. The topological polar surface area (TPSA) is 51.0 Å². The van der Waals surface area contributed by atoms with E-state index in [2.05, 4.69) is 15.5 Å². The van der Waals surface area contributed by atoms with Crippen molar-refractivity contribution in [1.29, 1.82) is 0 Å². The van der Waals surface area contributed by atoms with E-state index in [4.69, 9.17) is 4.52 Å². The highest BCUT2D eigenvalue weighted by atomic mass is 32.1. The summed E-state index contributed by atoms with van der Waals surface area (Å²) < 4.78 is 5.19. The van der Waals surface area contributed by atoms with Crippen LogP contribution in [-0.4, -0.2) is 23.2 Å². The van der Waals surface area contributed by atoms with Crippen LogP contribution in [0.4, 0.5) is 0 Å². The van der Waals surface area contributed by atoms with Gasteiger partial charge in [-0.2, -0.15) is 4.98 Å². The predicted molar refractivity (Wildman–Crippen MR) is 53.2 cm³/mol. The molecule has 4 nitrogen and oxygen atoms in total. The zero-order valence-corrected chi connectivity index (χ0v) is 8.25. The SMILES string of the molecule is c1csc(-c2nc(C3CNC3)no2)c1. The third-order valence-corrected chi connectivity index (χ3v) is 3.18. The standard InChI is InChI=1S/C9H9N3OS/c1-2-7(14-3-1)9-11-8(12-13-9)6-4-10-5-6/h1-3,6,10H,4-5H2. The number of nitrogens with zero attached hydrogens (tertiary/aromatic N) is 2. The highest BCUT2D eigenvalue weighted by Gasteiger charge is 2.24. The van der Waals surface area contributed by atoms with Crippen molar-refractivity contribution in [3.05, 3.63) is 23.3 Å². The largest absolute Gasteiger partial charge is 0.333 e. The summed E-state index contributed by atoms with van der Waals surface area (Å²) in [5, 5.41) is 9.16. The summed E-state index contributed by atoms with van der Waals surface area (Å²) in [4.78, 5) is 5.41. The minimum atomic E-state index is 0.437. The van der Waals surface area contributed by atoms with E-state index in [0.29, 0.717) is 11.8 Å². The molecule has 5 heteroatoms. The molecule has 14 heavy (non-hydrogen) atoms. The second-order valence-electron chi connectivity index (χ2n) is 3.29. The van der Waals surface area contributed by atoms with Crippen LogP contribution >= 0.6 is 11.3 Å². The van der Waals surface area contributed by atoms with Gasteiger partial charge in [0.05, 0.1) is 4.88 Å². The van der Waals surface area contributed by atoms with Crippen LogP contribution in [0.1, 0.15) is 11.7 Å². The second-order valence-corrected chi connectivity index (χ2v) is 4.24. The van der Waals surface area contributed by atoms with E-state index in [-0.39, 0.29) is 0 Å². The van der Waals surface area contributed by atoms with Gasteiger partial charge in [-0.3, -0.25) is 0 Å². The molecule has 0 bridgehead atoms. The van der Waals surface area contributed by atoms with Crippen molar-refractivity contribution in [2.24, 2.45) is 0 Å². The van der Waals surface area contributed by atoms with Crippen LogP contribution in [0.3, 0.4) is 0 Å². The molecular formula is C9H9N3OS. The highest BCUT2D eigenvalue weighted by Crippen LogP contribution is 2.25. The van der Waals surface area contributed by atoms with Crippen LogP contribution in [0, 0.1) is 0 Å². The lowest BCUT2D eigenvalue weighted by atomic mass is 10.0. The molecule has 1 aliphatic rings. The zero-order valence-electron chi connectivity index (χ0n) is 7.43. The lowest BCUT2D eigenvalue weighted by Gasteiger charge is -2.23. The van der Waals surface area contributed by atoms with Gasteiger partial charge in [0.25, 0.3) is 5.89 Å². The number of aromatic nitrogens is 2. The molecule has 0 saturated carbocycles. The molecule has 3 heterocycles. The van der Waals surface area contributed by atoms with Gasteiger partial charge in [0.1, 0.15) is 0 Å². The Kier molecular flexibility index (Phi) is 1.85. The Labute approximate surface area is 85.0 Å². The van der Waals surface area contributed by atoms with E-state index >= 15 is 0 Å². The molecule has 2 aromatic heterocycles. The molecule has 0 spiro atoms. The van der Waals surface area contributed by atoms with Crippen molar-refractivity contribution >= 4 is 11.3 Å². The second kappa shape index (κ2) is 3.18. The van der Waals surface area contributed by atoms with E-state index in [0.717, 1.165) is 23.8 Å². The van der Waals surface area contributed by atoms with Crippen LogP contribution < -0.4 is 5.32 Å². The molecule has 0 unspecified atom stereocenters. The van der Waals surface area contributed by atoms with Gasteiger partial charge in [-0.15, -0.1) is 11.3 Å². The van der Waals surface area contributed by atoms with Crippen molar-refractivity contribution in [3.8, 4) is 10.8 Å². The van der Waals surface area contributed by atoms with Gasteiger partial charge in [0.2, 0.25) is 0 Å². The fourth-order valence-corrected chi connectivity index (χ4v) is 2.02. The quantitative estimate of drug-likeness (QED) is 0.810. The van der Waals surface area contributed by atoms with Gasteiger partial charge in [-0.25, -0.2) is 0 Å². The van der Waals surface area contributed by atoms with Crippen molar-refractivity contribution in [3.63, 3.8) is 0 Å².